The van der Waals surface area contributed by atoms with Crippen LogP contribution in [-0.4, -0.2) is 25.2 Å². The lowest BCUT2D eigenvalue weighted by Crippen LogP contribution is -2.11. The third-order valence-corrected chi connectivity index (χ3v) is 3.22. The Kier molecular flexibility index (Phi) is 12.2. The topological polar surface area (TPSA) is 52.6 Å². The van der Waals surface area contributed by atoms with E-state index in [1.807, 2.05) is 13.8 Å². The lowest BCUT2D eigenvalue weighted by atomic mass is 10.1. The van der Waals surface area contributed by atoms with Gasteiger partial charge in [-0.25, -0.2) is 9.59 Å². The van der Waals surface area contributed by atoms with Gasteiger partial charge in [0.15, 0.2) is 0 Å². The molecule has 0 aliphatic rings. The fourth-order valence-electron chi connectivity index (χ4n) is 1.76. The molecule has 0 spiro atoms. The van der Waals surface area contributed by atoms with Crippen LogP contribution in [0.25, 0.3) is 0 Å². The minimum Gasteiger partial charge on any atom is -0.462 e. The second-order valence-electron chi connectivity index (χ2n) is 5.23. The standard InChI is InChI=1S/C18H30O4/c1-5-8-10-11-13-22-18(20)16(7-3)14-15(4)17(19)21-12-9-6-2/h14H,4-13H2,1-3H3/b16-14+. The van der Waals surface area contributed by atoms with Crippen molar-refractivity contribution in [3.05, 3.63) is 23.8 Å². The Morgan fingerprint density at radius 3 is 2.05 bits per heavy atom. The van der Waals surface area contributed by atoms with Gasteiger partial charge in [0.2, 0.25) is 0 Å². The quantitative estimate of drug-likeness (QED) is 0.233. The lowest BCUT2D eigenvalue weighted by Gasteiger charge is -2.08. The molecular weight excluding hydrogens is 280 g/mol. The molecule has 0 aromatic carbocycles. The second-order valence-corrected chi connectivity index (χ2v) is 5.23. The van der Waals surface area contributed by atoms with Crippen molar-refractivity contribution in [2.75, 3.05) is 13.2 Å². The minimum absolute atomic E-state index is 0.191. The molecule has 126 valence electrons. The third-order valence-electron chi connectivity index (χ3n) is 3.22. The van der Waals surface area contributed by atoms with Gasteiger partial charge >= 0.3 is 11.9 Å². The van der Waals surface area contributed by atoms with E-state index in [1.165, 1.54) is 6.08 Å². The summed E-state index contributed by atoms with van der Waals surface area (Å²) in [5, 5.41) is 0. The highest BCUT2D eigenvalue weighted by Crippen LogP contribution is 2.10. The highest BCUT2D eigenvalue weighted by molar-refractivity contribution is 5.95. The van der Waals surface area contributed by atoms with Gasteiger partial charge in [0.05, 0.1) is 18.8 Å². The zero-order valence-electron chi connectivity index (χ0n) is 14.3. The maximum absolute atomic E-state index is 11.9. The molecule has 0 heterocycles. The van der Waals surface area contributed by atoms with Crippen LogP contribution in [0.4, 0.5) is 0 Å². The monoisotopic (exact) mass is 310 g/mol. The van der Waals surface area contributed by atoms with E-state index in [9.17, 15) is 9.59 Å². The van der Waals surface area contributed by atoms with E-state index in [1.54, 1.807) is 0 Å². The molecule has 0 saturated carbocycles. The largest absolute Gasteiger partial charge is 0.462 e. The van der Waals surface area contributed by atoms with Gasteiger partial charge in [0, 0.05) is 5.57 Å². The van der Waals surface area contributed by atoms with Crippen LogP contribution in [0.2, 0.25) is 0 Å². The zero-order valence-corrected chi connectivity index (χ0v) is 14.3. The molecule has 0 N–H and O–H groups in total. The lowest BCUT2D eigenvalue weighted by molar-refractivity contribution is -0.139. The first kappa shape index (κ1) is 20.4. The zero-order chi connectivity index (χ0) is 16.8. The van der Waals surface area contributed by atoms with Crippen molar-refractivity contribution >= 4 is 11.9 Å². The third kappa shape index (κ3) is 9.37. The van der Waals surface area contributed by atoms with Crippen molar-refractivity contribution in [3.8, 4) is 0 Å². The van der Waals surface area contributed by atoms with Gasteiger partial charge in [0.1, 0.15) is 0 Å². The van der Waals surface area contributed by atoms with Gasteiger partial charge in [-0.3, -0.25) is 0 Å². The molecule has 4 heteroatoms. The molecule has 0 aromatic heterocycles. The van der Waals surface area contributed by atoms with E-state index in [2.05, 4.69) is 13.5 Å². The van der Waals surface area contributed by atoms with E-state index in [-0.39, 0.29) is 11.5 Å². The van der Waals surface area contributed by atoms with Crippen molar-refractivity contribution in [1.29, 1.82) is 0 Å². The maximum atomic E-state index is 11.9. The van der Waals surface area contributed by atoms with E-state index < -0.39 is 5.97 Å². The molecule has 0 atom stereocenters. The maximum Gasteiger partial charge on any atom is 0.337 e. The number of carbonyl (C=O) groups excluding carboxylic acids is 2. The average Bonchev–Trinajstić information content (AvgIpc) is 2.51. The van der Waals surface area contributed by atoms with Crippen LogP contribution in [0, 0.1) is 0 Å². The normalized spacial score (nSPS) is 11.1. The molecular formula is C18H30O4. The van der Waals surface area contributed by atoms with Crippen molar-refractivity contribution in [1.82, 2.24) is 0 Å². The van der Waals surface area contributed by atoms with Crippen molar-refractivity contribution in [3.63, 3.8) is 0 Å². The van der Waals surface area contributed by atoms with Gasteiger partial charge in [-0.2, -0.15) is 0 Å². The first-order valence-corrected chi connectivity index (χ1v) is 8.30. The van der Waals surface area contributed by atoms with Crippen molar-refractivity contribution in [2.45, 2.75) is 65.7 Å². The van der Waals surface area contributed by atoms with Crippen LogP contribution in [0.15, 0.2) is 23.8 Å². The minimum atomic E-state index is -0.477. The summed E-state index contributed by atoms with van der Waals surface area (Å²) in [5.41, 5.74) is 0.642. The Hall–Kier alpha value is -1.58. The summed E-state index contributed by atoms with van der Waals surface area (Å²) < 4.78 is 10.3. The predicted molar refractivity (Wildman–Crippen MR) is 88.5 cm³/mol. The van der Waals surface area contributed by atoms with Gasteiger partial charge in [-0.05, 0) is 25.3 Å². The average molecular weight is 310 g/mol. The molecule has 0 rings (SSSR count). The van der Waals surface area contributed by atoms with E-state index in [0.717, 1.165) is 38.5 Å². The fourth-order valence-corrected chi connectivity index (χ4v) is 1.76. The Morgan fingerprint density at radius 2 is 1.45 bits per heavy atom. The molecule has 0 amide bonds. The molecule has 0 saturated heterocycles. The Balaban J connectivity index is 4.31. The van der Waals surface area contributed by atoms with E-state index in [0.29, 0.717) is 25.2 Å². The molecule has 0 unspecified atom stereocenters. The molecule has 0 bridgehead atoms. The SMILES string of the molecule is C=C(/C=C(\CC)C(=O)OCCCCCC)C(=O)OCCCC. The number of hydrogen-bond donors (Lipinski definition) is 0. The number of carbonyl (C=O) groups is 2. The molecule has 22 heavy (non-hydrogen) atoms. The molecule has 0 aliphatic carbocycles. The van der Waals surface area contributed by atoms with Crippen LogP contribution in [0.3, 0.4) is 0 Å². The summed E-state index contributed by atoms with van der Waals surface area (Å²) >= 11 is 0. The van der Waals surface area contributed by atoms with Gasteiger partial charge in [-0.15, -0.1) is 0 Å². The van der Waals surface area contributed by atoms with Crippen LogP contribution in [0.5, 0.6) is 0 Å². The number of ether oxygens (including phenoxy) is 2. The second kappa shape index (κ2) is 13.1. The Labute approximate surface area is 134 Å². The summed E-state index contributed by atoms with van der Waals surface area (Å²) in [6, 6.07) is 0. The Morgan fingerprint density at radius 1 is 0.864 bits per heavy atom. The number of unbranched alkanes of at least 4 members (excludes halogenated alkanes) is 4. The van der Waals surface area contributed by atoms with Crippen molar-refractivity contribution in [2.24, 2.45) is 0 Å². The molecule has 0 aromatic rings. The van der Waals surface area contributed by atoms with Gasteiger partial charge in [0.25, 0.3) is 0 Å². The molecule has 4 nitrogen and oxygen atoms in total. The number of rotatable bonds is 12. The van der Waals surface area contributed by atoms with Gasteiger partial charge < -0.3 is 9.47 Å². The summed E-state index contributed by atoms with van der Waals surface area (Å²) in [6.45, 7) is 10.5. The van der Waals surface area contributed by atoms with Crippen LogP contribution >= 0.6 is 0 Å². The highest BCUT2D eigenvalue weighted by Gasteiger charge is 2.13. The van der Waals surface area contributed by atoms with Crippen LogP contribution < -0.4 is 0 Å². The fraction of sp³-hybridized carbons (Fsp3) is 0.667. The van der Waals surface area contributed by atoms with Crippen molar-refractivity contribution < 1.29 is 19.1 Å². The van der Waals surface area contributed by atoms with Crippen LogP contribution in [-0.2, 0) is 19.1 Å². The summed E-state index contributed by atoms with van der Waals surface area (Å²) in [4.78, 5) is 23.6. The molecule has 0 fully saturated rings. The molecule has 0 aliphatic heterocycles. The molecule has 0 radical (unpaired) electrons. The summed E-state index contributed by atoms with van der Waals surface area (Å²) in [7, 11) is 0. The summed E-state index contributed by atoms with van der Waals surface area (Å²) in [6.07, 6.45) is 7.98. The van der Waals surface area contributed by atoms with E-state index in [4.69, 9.17) is 9.47 Å². The number of hydrogen-bond acceptors (Lipinski definition) is 4. The highest BCUT2D eigenvalue weighted by atomic mass is 16.5. The number of esters is 2. The predicted octanol–water partition coefficient (Wildman–Crippen LogP) is 4.35. The van der Waals surface area contributed by atoms with Gasteiger partial charge in [-0.1, -0.05) is 53.0 Å². The smallest absolute Gasteiger partial charge is 0.337 e. The first-order valence-electron chi connectivity index (χ1n) is 8.30. The van der Waals surface area contributed by atoms with Crippen LogP contribution in [0.1, 0.15) is 65.7 Å². The van der Waals surface area contributed by atoms with E-state index >= 15 is 0 Å². The summed E-state index contributed by atoms with van der Waals surface area (Å²) in [5.74, 6) is -0.850. The first-order chi connectivity index (χ1) is 10.6. The Bertz CT molecular complexity index is 383.